The van der Waals surface area contributed by atoms with Crippen LogP contribution in [0, 0.1) is 5.92 Å². The SMILES string of the molecule is COCO[C@@H]1[C@@H]2CC(F)(F)[C@H]1NC2=O. The molecule has 2 fully saturated rings. The highest BCUT2D eigenvalue weighted by molar-refractivity contribution is 5.84. The summed E-state index contributed by atoms with van der Waals surface area (Å²) in [5.41, 5.74) is 0. The summed E-state index contributed by atoms with van der Waals surface area (Å²) in [6.45, 7) is -0.0668. The van der Waals surface area contributed by atoms with Crippen molar-refractivity contribution in [3.8, 4) is 0 Å². The Labute approximate surface area is 79.6 Å². The molecule has 2 aliphatic rings. The van der Waals surface area contributed by atoms with Crippen molar-refractivity contribution in [2.45, 2.75) is 24.5 Å². The van der Waals surface area contributed by atoms with Crippen LogP contribution in [0.5, 0.6) is 0 Å². The van der Waals surface area contributed by atoms with Gasteiger partial charge in [0, 0.05) is 13.5 Å². The van der Waals surface area contributed by atoms with E-state index in [-0.39, 0.29) is 12.7 Å². The number of carbonyl (C=O) groups excluding carboxylic acids is 1. The number of amides is 1. The summed E-state index contributed by atoms with van der Waals surface area (Å²) < 4.78 is 36.0. The largest absolute Gasteiger partial charge is 0.359 e. The Morgan fingerprint density at radius 3 is 2.86 bits per heavy atom. The number of rotatable bonds is 3. The minimum atomic E-state index is -2.85. The number of halogens is 2. The normalized spacial score (nSPS) is 38.8. The lowest BCUT2D eigenvalue weighted by atomic mass is 10.1. The van der Waals surface area contributed by atoms with Crippen molar-refractivity contribution in [3.63, 3.8) is 0 Å². The van der Waals surface area contributed by atoms with E-state index in [9.17, 15) is 13.6 Å². The van der Waals surface area contributed by atoms with Gasteiger partial charge in [-0.3, -0.25) is 4.79 Å². The molecule has 1 saturated carbocycles. The van der Waals surface area contributed by atoms with Crippen molar-refractivity contribution in [2.24, 2.45) is 5.92 Å². The van der Waals surface area contributed by atoms with Gasteiger partial charge in [0.2, 0.25) is 5.91 Å². The smallest absolute Gasteiger partial charge is 0.271 e. The standard InChI is InChI=1S/C8H11F2NO3/c1-13-3-14-5-4-2-8(9,10)6(5)11-7(4)12/h4-6H,2-3H2,1H3,(H,11,12)/t4-,5+,6-/m0/s1. The second kappa shape index (κ2) is 3.13. The Hall–Kier alpha value is -0.750. The van der Waals surface area contributed by atoms with Crippen molar-refractivity contribution < 1.29 is 23.0 Å². The fourth-order valence-electron chi connectivity index (χ4n) is 2.06. The van der Waals surface area contributed by atoms with Crippen LogP contribution >= 0.6 is 0 Å². The second-order valence-electron chi connectivity index (χ2n) is 3.60. The molecule has 4 nitrogen and oxygen atoms in total. The molecule has 2 rings (SSSR count). The number of alkyl halides is 2. The molecule has 6 heteroatoms. The summed E-state index contributed by atoms with van der Waals surface area (Å²) in [6, 6.07) is -1.19. The highest BCUT2D eigenvalue weighted by atomic mass is 19.3. The number of carbonyl (C=O) groups is 1. The molecule has 1 aliphatic carbocycles. The summed E-state index contributed by atoms with van der Waals surface area (Å²) in [7, 11) is 1.41. The van der Waals surface area contributed by atoms with Crippen molar-refractivity contribution >= 4 is 5.91 Å². The van der Waals surface area contributed by atoms with Gasteiger partial charge in [-0.2, -0.15) is 0 Å². The van der Waals surface area contributed by atoms with E-state index in [0.717, 1.165) is 0 Å². The van der Waals surface area contributed by atoms with Gasteiger partial charge in [0.25, 0.3) is 5.92 Å². The van der Waals surface area contributed by atoms with Crippen LogP contribution in [0.1, 0.15) is 6.42 Å². The van der Waals surface area contributed by atoms with E-state index in [1.807, 2.05) is 0 Å². The molecule has 1 amide bonds. The predicted octanol–water partition coefficient (Wildman–Crippen LogP) is 0.129. The van der Waals surface area contributed by atoms with E-state index in [4.69, 9.17) is 4.74 Å². The quantitative estimate of drug-likeness (QED) is 0.669. The molecule has 1 saturated heterocycles. The molecular formula is C8H11F2NO3. The predicted molar refractivity (Wildman–Crippen MR) is 41.7 cm³/mol. The third kappa shape index (κ3) is 1.29. The van der Waals surface area contributed by atoms with Crippen LogP contribution in [-0.2, 0) is 14.3 Å². The van der Waals surface area contributed by atoms with Gasteiger partial charge in [0.05, 0.1) is 12.0 Å². The number of hydrogen-bond donors (Lipinski definition) is 1. The molecule has 3 atom stereocenters. The third-order valence-electron chi connectivity index (χ3n) is 2.69. The molecule has 0 aromatic rings. The third-order valence-corrected chi connectivity index (χ3v) is 2.69. The minimum absolute atomic E-state index is 0.0668. The lowest BCUT2D eigenvalue weighted by Gasteiger charge is -2.22. The Balaban J connectivity index is 2.08. The van der Waals surface area contributed by atoms with Gasteiger partial charge in [-0.05, 0) is 0 Å². The molecule has 14 heavy (non-hydrogen) atoms. The first-order valence-corrected chi connectivity index (χ1v) is 4.35. The monoisotopic (exact) mass is 207 g/mol. The van der Waals surface area contributed by atoms with Crippen LogP contribution in [0.25, 0.3) is 0 Å². The van der Waals surface area contributed by atoms with Gasteiger partial charge in [-0.15, -0.1) is 0 Å². The van der Waals surface area contributed by atoms with Gasteiger partial charge in [0.15, 0.2) is 0 Å². The molecule has 0 unspecified atom stereocenters. The molecule has 1 N–H and O–H groups in total. The molecule has 1 aliphatic heterocycles. The average molecular weight is 207 g/mol. The zero-order valence-electron chi connectivity index (χ0n) is 7.63. The maximum absolute atomic E-state index is 13.2. The number of ether oxygens (including phenoxy) is 2. The van der Waals surface area contributed by atoms with Crippen LogP contribution in [0.4, 0.5) is 8.78 Å². The fraction of sp³-hybridized carbons (Fsp3) is 0.875. The molecule has 1 heterocycles. The number of fused-ring (bicyclic) bond motifs is 2. The van der Waals surface area contributed by atoms with E-state index in [2.05, 4.69) is 10.1 Å². The summed E-state index contributed by atoms with van der Waals surface area (Å²) in [4.78, 5) is 11.1. The van der Waals surface area contributed by atoms with Gasteiger partial charge in [-0.25, -0.2) is 8.78 Å². The first-order valence-electron chi connectivity index (χ1n) is 4.35. The van der Waals surface area contributed by atoms with Crippen LogP contribution < -0.4 is 5.32 Å². The topological polar surface area (TPSA) is 47.6 Å². The molecule has 0 aromatic carbocycles. The van der Waals surface area contributed by atoms with E-state index in [0.29, 0.717) is 0 Å². The van der Waals surface area contributed by atoms with Crippen molar-refractivity contribution in [3.05, 3.63) is 0 Å². The maximum Gasteiger partial charge on any atom is 0.271 e. The molecular weight excluding hydrogens is 196 g/mol. The zero-order valence-corrected chi connectivity index (χ0v) is 7.63. The summed E-state index contributed by atoms with van der Waals surface area (Å²) in [5.74, 6) is -3.93. The van der Waals surface area contributed by atoms with E-state index < -0.39 is 30.4 Å². The minimum Gasteiger partial charge on any atom is -0.359 e. The Kier molecular flexibility index (Phi) is 2.19. The summed E-state index contributed by atoms with van der Waals surface area (Å²) in [6.07, 6.45) is -1.17. The second-order valence-corrected chi connectivity index (χ2v) is 3.60. The van der Waals surface area contributed by atoms with Crippen LogP contribution in [0.3, 0.4) is 0 Å². The Bertz CT molecular complexity index is 259. The molecule has 0 spiro atoms. The van der Waals surface area contributed by atoms with E-state index >= 15 is 0 Å². The van der Waals surface area contributed by atoms with Gasteiger partial charge >= 0.3 is 0 Å². The highest BCUT2D eigenvalue weighted by Gasteiger charge is 2.63. The Morgan fingerprint density at radius 1 is 1.64 bits per heavy atom. The van der Waals surface area contributed by atoms with Gasteiger partial charge in [-0.1, -0.05) is 0 Å². The average Bonchev–Trinajstić information content (AvgIpc) is 2.52. The number of methoxy groups -OCH3 is 1. The Morgan fingerprint density at radius 2 is 2.36 bits per heavy atom. The van der Waals surface area contributed by atoms with Crippen molar-refractivity contribution in [1.29, 1.82) is 0 Å². The molecule has 0 aromatic heterocycles. The van der Waals surface area contributed by atoms with Gasteiger partial charge in [0.1, 0.15) is 12.8 Å². The van der Waals surface area contributed by atoms with E-state index in [1.165, 1.54) is 7.11 Å². The first-order chi connectivity index (χ1) is 6.56. The maximum atomic E-state index is 13.2. The zero-order chi connectivity index (χ0) is 10.3. The highest BCUT2D eigenvalue weighted by Crippen LogP contribution is 2.45. The lowest BCUT2D eigenvalue weighted by molar-refractivity contribution is -0.130. The van der Waals surface area contributed by atoms with Crippen LogP contribution in [0.2, 0.25) is 0 Å². The van der Waals surface area contributed by atoms with E-state index in [1.54, 1.807) is 0 Å². The van der Waals surface area contributed by atoms with Gasteiger partial charge < -0.3 is 14.8 Å². The van der Waals surface area contributed by atoms with Crippen LogP contribution in [-0.4, -0.2) is 37.9 Å². The number of piperidine rings is 1. The number of hydrogen-bond acceptors (Lipinski definition) is 3. The first kappa shape index (κ1) is 9.79. The summed E-state index contributed by atoms with van der Waals surface area (Å²) >= 11 is 0. The summed E-state index contributed by atoms with van der Waals surface area (Å²) in [5, 5.41) is 2.23. The van der Waals surface area contributed by atoms with Crippen molar-refractivity contribution in [1.82, 2.24) is 5.32 Å². The lowest BCUT2D eigenvalue weighted by Crippen LogP contribution is -2.46. The molecule has 0 radical (unpaired) electrons. The molecule has 2 bridgehead atoms. The van der Waals surface area contributed by atoms with Crippen LogP contribution in [0.15, 0.2) is 0 Å². The number of nitrogens with one attached hydrogen (secondary N) is 1. The fourth-order valence-corrected chi connectivity index (χ4v) is 2.06. The molecule has 80 valence electrons. The van der Waals surface area contributed by atoms with Crippen molar-refractivity contribution in [2.75, 3.05) is 13.9 Å².